The van der Waals surface area contributed by atoms with Crippen molar-refractivity contribution < 1.29 is 14.3 Å². The minimum atomic E-state index is -1.97. The third kappa shape index (κ3) is 2.81. The first-order valence-electron chi connectivity index (χ1n) is 4.23. The number of likely N-dealkylation sites (tertiary alicyclic amines) is 1. The maximum absolute atomic E-state index is 13.4. The molecular formula is C8H15ClFNO2. The average Bonchev–Trinajstić information content (AvgIpc) is 2.06. The molecule has 0 amide bonds. The largest absolute Gasteiger partial charge is 0.479 e. The topological polar surface area (TPSA) is 40.5 Å². The minimum Gasteiger partial charge on any atom is -0.479 e. The number of alkyl halides is 1. The van der Waals surface area contributed by atoms with E-state index >= 15 is 0 Å². The molecule has 0 unspecified atom stereocenters. The summed E-state index contributed by atoms with van der Waals surface area (Å²) in [5, 5.41) is 8.56. The van der Waals surface area contributed by atoms with E-state index in [4.69, 9.17) is 5.11 Å². The molecule has 0 aliphatic carbocycles. The van der Waals surface area contributed by atoms with Gasteiger partial charge < -0.3 is 10.0 Å². The summed E-state index contributed by atoms with van der Waals surface area (Å²) in [5.74, 6) is -1.31. The van der Waals surface area contributed by atoms with Crippen LogP contribution in [0, 0.1) is 0 Å². The molecule has 0 aromatic heterocycles. The minimum absolute atomic E-state index is 0. The summed E-state index contributed by atoms with van der Waals surface area (Å²) in [7, 11) is 0. The Morgan fingerprint density at radius 3 is 2.31 bits per heavy atom. The molecule has 3 nitrogen and oxygen atoms in total. The van der Waals surface area contributed by atoms with Gasteiger partial charge in [0.05, 0.1) is 0 Å². The Hall–Kier alpha value is -0.350. The summed E-state index contributed by atoms with van der Waals surface area (Å²) in [6, 6.07) is 0. The maximum Gasteiger partial charge on any atom is 0.341 e. The third-order valence-corrected chi connectivity index (χ3v) is 2.48. The number of carbonyl (C=O) groups is 1. The number of carboxylic acid groups (broad SMARTS) is 1. The van der Waals surface area contributed by atoms with E-state index in [1.165, 1.54) is 0 Å². The molecule has 0 bridgehead atoms. The first-order valence-corrected chi connectivity index (χ1v) is 4.23. The summed E-state index contributed by atoms with van der Waals surface area (Å²) < 4.78 is 13.4. The molecule has 1 aliphatic heterocycles. The molecule has 13 heavy (non-hydrogen) atoms. The van der Waals surface area contributed by atoms with Gasteiger partial charge >= 0.3 is 5.97 Å². The second-order valence-electron chi connectivity index (χ2n) is 3.20. The van der Waals surface area contributed by atoms with Crippen LogP contribution in [0.1, 0.15) is 19.8 Å². The summed E-state index contributed by atoms with van der Waals surface area (Å²) in [5.41, 5.74) is -1.97. The van der Waals surface area contributed by atoms with Crippen LogP contribution in [-0.4, -0.2) is 41.3 Å². The predicted molar refractivity (Wildman–Crippen MR) is 50.1 cm³/mol. The van der Waals surface area contributed by atoms with E-state index in [9.17, 15) is 9.18 Å². The zero-order chi connectivity index (χ0) is 9.19. The lowest BCUT2D eigenvalue weighted by atomic mass is 9.94. The monoisotopic (exact) mass is 211 g/mol. The standard InChI is InChI=1S/C8H14FNO2.ClH/c1-2-10-5-3-8(9,4-6-10)7(11)12;/h2-6H2,1H3,(H,11,12);1H. The van der Waals surface area contributed by atoms with Gasteiger partial charge in [-0.05, 0) is 6.54 Å². The fraction of sp³-hybridized carbons (Fsp3) is 0.875. The van der Waals surface area contributed by atoms with Gasteiger partial charge in [0, 0.05) is 25.9 Å². The van der Waals surface area contributed by atoms with Crippen molar-refractivity contribution in [1.29, 1.82) is 0 Å². The summed E-state index contributed by atoms with van der Waals surface area (Å²) in [6.45, 7) is 3.97. The van der Waals surface area contributed by atoms with Crippen molar-refractivity contribution in [3.8, 4) is 0 Å². The molecular weight excluding hydrogens is 197 g/mol. The second-order valence-corrected chi connectivity index (χ2v) is 3.20. The van der Waals surface area contributed by atoms with E-state index in [1.807, 2.05) is 6.92 Å². The van der Waals surface area contributed by atoms with E-state index in [0.29, 0.717) is 13.1 Å². The Bertz CT molecular complexity index is 181. The third-order valence-electron chi connectivity index (χ3n) is 2.48. The number of carboxylic acids is 1. The van der Waals surface area contributed by atoms with Crippen molar-refractivity contribution >= 4 is 18.4 Å². The maximum atomic E-state index is 13.4. The highest BCUT2D eigenvalue weighted by atomic mass is 35.5. The lowest BCUT2D eigenvalue weighted by Crippen LogP contribution is -2.46. The number of halogens is 2. The van der Waals surface area contributed by atoms with E-state index in [-0.39, 0.29) is 25.2 Å². The normalized spacial score (nSPS) is 22.0. The van der Waals surface area contributed by atoms with E-state index in [2.05, 4.69) is 4.90 Å². The molecule has 0 saturated carbocycles. The Kier molecular flexibility index (Phi) is 4.64. The van der Waals surface area contributed by atoms with Gasteiger partial charge in [-0.2, -0.15) is 0 Å². The molecule has 78 valence electrons. The van der Waals surface area contributed by atoms with Crippen LogP contribution in [0.25, 0.3) is 0 Å². The fourth-order valence-corrected chi connectivity index (χ4v) is 1.44. The summed E-state index contributed by atoms with van der Waals surface area (Å²) >= 11 is 0. The first kappa shape index (κ1) is 12.7. The van der Waals surface area contributed by atoms with Crippen molar-refractivity contribution in [1.82, 2.24) is 4.90 Å². The lowest BCUT2D eigenvalue weighted by molar-refractivity contribution is -0.154. The molecule has 1 fully saturated rings. The summed E-state index contributed by atoms with van der Waals surface area (Å²) in [4.78, 5) is 12.5. The van der Waals surface area contributed by atoms with Crippen LogP contribution >= 0.6 is 12.4 Å². The molecule has 0 aromatic rings. The lowest BCUT2D eigenvalue weighted by Gasteiger charge is -2.32. The molecule has 5 heteroatoms. The van der Waals surface area contributed by atoms with Crippen LogP contribution < -0.4 is 0 Å². The van der Waals surface area contributed by atoms with Crippen LogP contribution in [-0.2, 0) is 4.79 Å². The highest BCUT2D eigenvalue weighted by Gasteiger charge is 2.41. The Morgan fingerprint density at radius 1 is 1.54 bits per heavy atom. The quantitative estimate of drug-likeness (QED) is 0.749. The number of hydrogen-bond donors (Lipinski definition) is 1. The van der Waals surface area contributed by atoms with Gasteiger partial charge in [0.1, 0.15) is 0 Å². The van der Waals surface area contributed by atoms with Gasteiger partial charge in [-0.1, -0.05) is 6.92 Å². The van der Waals surface area contributed by atoms with Crippen LogP contribution in [0.5, 0.6) is 0 Å². The second kappa shape index (κ2) is 4.77. The molecule has 0 atom stereocenters. The Balaban J connectivity index is 0.00000144. The smallest absolute Gasteiger partial charge is 0.341 e. The Morgan fingerprint density at radius 2 is 2.00 bits per heavy atom. The number of nitrogens with zero attached hydrogens (tertiary/aromatic N) is 1. The highest BCUT2D eigenvalue weighted by molar-refractivity contribution is 5.85. The molecule has 0 radical (unpaired) electrons. The fourth-order valence-electron chi connectivity index (χ4n) is 1.44. The molecule has 1 heterocycles. The van der Waals surface area contributed by atoms with Crippen LogP contribution in [0.2, 0.25) is 0 Å². The van der Waals surface area contributed by atoms with Gasteiger partial charge in [-0.15, -0.1) is 12.4 Å². The van der Waals surface area contributed by atoms with E-state index in [0.717, 1.165) is 6.54 Å². The van der Waals surface area contributed by atoms with Crippen molar-refractivity contribution in [3.63, 3.8) is 0 Å². The van der Waals surface area contributed by atoms with Crippen molar-refractivity contribution in [2.45, 2.75) is 25.4 Å². The predicted octanol–water partition coefficient (Wildman–Crippen LogP) is 1.32. The molecule has 1 rings (SSSR count). The van der Waals surface area contributed by atoms with Crippen molar-refractivity contribution in [3.05, 3.63) is 0 Å². The zero-order valence-corrected chi connectivity index (χ0v) is 8.44. The van der Waals surface area contributed by atoms with Gasteiger partial charge in [-0.3, -0.25) is 0 Å². The summed E-state index contributed by atoms with van der Waals surface area (Å²) in [6.07, 6.45) is 0.242. The number of rotatable bonds is 2. The van der Waals surface area contributed by atoms with Gasteiger partial charge in [0.15, 0.2) is 0 Å². The molecule has 0 aromatic carbocycles. The number of hydrogen-bond acceptors (Lipinski definition) is 2. The molecule has 0 spiro atoms. The number of aliphatic carboxylic acids is 1. The first-order chi connectivity index (χ1) is 5.58. The van der Waals surface area contributed by atoms with Gasteiger partial charge in [0.2, 0.25) is 5.67 Å². The number of piperidine rings is 1. The van der Waals surface area contributed by atoms with E-state index in [1.54, 1.807) is 0 Å². The molecule has 1 aliphatic rings. The van der Waals surface area contributed by atoms with Crippen LogP contribution in [0.15, 0.2) is 0 Å². The van der Waals surface area contributed by atoms with Crippen molar-refractivity contribution in [2.75, 3.05) is 19.6 Å². The van der Waals surface area contributed by atoms with Crippen molar-refractivity contribution in [2.24, 2.45) is 0 Å². The van der Waals surface area contributed by atoms with Crippen LogP contribution in [0.4, 0.5) is 4.39 Å². The Labute approximate surface area is 83.3 Å². The average molecular weight is 212 g/mol. The molecule has 1 saturated heterocycles. The van der Waals surface area contributed by atoms with Gasteiger partial charge in [0.25, 0.3) is 0 Å². The SMILES string of the molecule is CCN1CCC(F)(C(=O)O)CC1.Cl. The van der Waals surface area contributed by atoms with Gasteiger partial charge in [-0.25, -0.2) is 9.18 Å². The zero-order valence-electron chi connectivity index (χ0n) is 7.62. The van der Waals surface area contributed by atoms with Crippen LogP contribution in [0.3, 0.4) is 0 Å². The van der Waals surface area contributed by atoms with E-state index < -0.39 is 11.6 Å². The molecule has 1 N–H and O–H groups in total. The highest BCUT2D eigenvalue weighted by Crippen LogP contribution is 2.26.